The largest absolute Gasteiger partial charge is 0.444 e. The molecule has 0 saturated carbocycles. The Labute approximate surface area is 188 Å². The normalized spacial score (nSPS) is 17.7. The van der Waals surface area contributed by atoms with Gasteiger partial charge in [-0.05, 0) is 72.1 Å². The van der Waals surface area contributed by atoms with E-state index < -0.39 is 5.60 Å². The molecule has 2 aromatic rings. The molecular weight excluding hydrogens is 412 g/mol. The van der Waals surface area contributed by atoms with Crippen LogP contribution in [0, 0.1) is 5.92 Å². The van der Waals surface area contributed by atoms with E-state index in [1.807, 2.05) is 67.7 Å². The van der Waals surface area contributed by atoms with Crippen LogP contribution < -0.4 is 4.87 Å². The lowest BCUT2D eigenvalue weighted by molar-refractivity contribution is 0.0110. The van der Waals surface area contributed by atoms with Gasteiger partial charge in [-0.25, -0.2) is 4.79 Å². The van der Waals surface area contributed by atoms with Crippen molar-refractivity contribution in [1.29, 1.82) is 0 Å². The molecule has 0 bridgehead atoms. The smallest absolute Gasteiger partial charge is 0.410 e. The third-order valence-electron chi connectivity index (χ3n) is 5.36. The molecule has 1 atom stereocenters. The van der Waals surface area contributed by atoms with Gasteiger partial charge in [0.15, 0.2) is 0 Å². The lowest BCUT2D eigenvalue weighted by Gasteiger charge is -2.37. The van der Waals surface area contributed by atoms with Crippen molar-refractivity contribution in [3.8, 4) is 11.4 Å². The highest BCUT2D eigenvalue weighted by Gasteiger charge is 2.29. The number of nitrogens with zero attached hydrogens (tertiary/aromatic N) is 4. The van der Waals surface area contributed by atoms with Gasteiger partial charge >= 0.3 is 11.0 Å². The minimum atomic E-state index is -0.509. The molecule has 170 valence electrons. The molecule has 1 fully saturated rings. The summed E-state index contributed by atoms with van der Waals surface area (Å²) in [5.41, 5.74) is 1.16. The lowest BCUT2D eigenvalue weighted by Crippen LogP contribution is -2.47. The van der Waals surface area contributed by atoms with E-state index in [1.165, 1.54) is 11.3 Å². The molecule has 0 aliphatic carbocycles. The molecule has 3 rings (SSSR count). The van der Waals surface area contributed by atoms with Gasteiger partial charge in [-0.3, -0.25) is 19.2 Å². The predicted octanol–water partition coefficient (Wildman–Crippen LogP) is 4.29. The number of amides is 1. The van der Waals surface area contributed by atoms with Gasteiger partial charge in [0, 0.05) is 30.7 Å². The van der Waals surface area contributed by atoms with E-state index in [1.54, 1.807) is 6.20 Å². The summed E-state index contributed by atoms with van der Waals surface area (Å²) in [6.07, 6.45) is 3.60. The fourth-order valence-corrected chi connectivity index (χ4v) is 4.65. The Hall–Kier alpha value is -2.19. The lowest BCUT2D eigenvalue weighted by atomic mass is 9.97. The second-order valence-electron chi connectivity index (χ2n) is 9.48. The third kappa shape index (κ3) is 6.40. The SMILES string of the molecule is CC(C)N(CC1CCCN(Cn2c(-c3ccccn3)csc2=O)C1)C(=O)OC(C)(C)C. The van der Waals surface area contributed by atoms with Gasteiger partial charge < -0.3 is 9.64 Å². The average molecular weight is 447 g/mol. The highest BCUT2D eigenvalue weighted by molar-refractivity contribution is 7.07. The van der Waals surface area contributed by atoms with E-state index in [-0.39, 0.29) is 17.0 Å². The number of likely N-dealkylation sites (tertiary alicyclic amines) is 1. The monoisotopic (exact) mass is 446 g/mol. The van der Waals surface area contributed by atoms with Crippen LogP contribution >= 0.6 is 11.3 Å². The number of hydrogen-bond acceptors (Lipinski definition) is 6. The highest BCUT2D eigenvalue weighted by Crippen LogP contribution is 2.23. The molecule has 1 aliphatic rings. The molecule has 0 radical (unpaired) electrons. The zero-order valence-corrected chi connectivity index (χ0v) is 20.0. The molecule has 1 unspecified atom stereocenters. The van der Waals surface area contributed by atoms with Gasteiger partial charge in [-0.1, -0.05) is 17.4 Å². The molecular formula is C23H34N4O3S. The van der Waals surface area contributed by atoms with E-state index in [4.69, 9.17) is 4.74 Å². The number of thiazole rings is 1. The second-order valence-corrected chi connectivity index (χ2v) is 10.3. The van der Waals surface area contributed by atoms with Gasteiger partial charge in [0.2, 0.25) is 0 Å². The van der Waals surface area contributed by atoms with Gasteiger partial charge in [-0.2, -0.15) is 0 Å². The molecule has 1 aliphatic heterocycles. The fourth-order valence-electron chi connectivity index (χ4n) is 3.90. The van der Waals surface area contributed by atoms with E-state index >= 15 is 0 Å². The summed E-state index contributed by atoms with van der Waals surface area (Å²) >= 11 is 1.21. The van der Waals surface area contributed by atoms with E-state index in [0.717, 1.165) is 37.3 Å². The van der Waals surface area contributed by atoms with E-state index in [2.05, 4.69) is 9.88 Å². The van der Waals surface area contributed by atoms with Crippen molar-refractivity contribution in [3.63, 3.8) is 0 Å². The van der Waals surface area contributed by atoms with Crippen molar-refractivity contribution in [1.82, 2.24) is 19.4 Å². The zero-order chi connectivity index (χ0) is 22.6. The summed E-state index contributed by atoms with van der Waals surface area (Å²) in [5.74, 6) is 0.344. The van der Waals surface area contributed by atoms with E-state index in [0.29, 0.717) is 19.1 Å². The maximum atomic E-state index is 12.7. The maximum Gasteiger partial charge on any atom is 0.410 e. The summed E-state index contributed by atoms with van der Waals surface area (Å²) in [5, 5.41) is 1.88. The van der Waals surface area contributed by atoms with Crippen LogP contribution in [0.1, 0.15) is 47.5 Å². The number of piperidine rings is 1. The van der Waals surface area contributed by atoms with Crippen LogP contribution in [0.3, 0.4) is 0 Å². The topological polar surface area (TPSA) is 67.7 Å². The first kappa shape index (κ1) is 23.5. The van der Waals surface area contributed by atoms with Crippen molar-refractivity contribution in [2.45, 2.75) is 65.8 Å². The quantitative estimate of drug-likeness (QED) is 0.662. The second kappa shape index (κ2) is 9.96. The summed E-state index contributed by atoms with van der Waals surface area (Å²) in [7, 11) is 0. The fraction of sp³-hybridized carbons (Fsp3) is 0.609. The first-order valence-corrected chi connectivity index (χ1v) is 11.8. The van der Waals surface area contributed by atoms with Crippen LogP contribution in [0.25, 0.3) is 11.4 Å². The molecule has 2 aromatic heterocycles. The Bertz CT molecular complexity index is 917. The minimum Gasteiger partial charge on any atom is -0.444 e. The first-order chi connectivity index (χ1) is 14.6. The molecule has 0 spiro atoms. The molecule has 31 heavy (non-hydrogen) atoms. The highest BCUT2D eigenvalue weighted by atomic mass is 32.1. The van der Waals surface area contributed by atoms with Crippen molar-refractivity contribution in [2.75, 3.05) is 19.6 Å². The molecule has 1 saturated heterocycles. The standard InChI is InChI=1S/C23H34N4O3S/c1-17(2)26(21(28)30-23(3,4)5)14-18-9-8-12-25(13-18)16-27-20(15-31-22(27)29)19-10-6-7-11-24-19/h6-7,10-11,15,17-18H,8-9,12-14,16H2,1-5H3. The number of carbonyl (C=O) groups excluding carboxylic acids is 1. The minimum absolute atomic E-state index is 0.0281. The molecule has 1 amide bonds. The first-order valence-electron chi connectivity index (χ1n) is 11.0. The van der Waals surface area contributed by atoms with Gasteiger partial charge in [0.25, 0.3) is 0 Å². The Morgan fingerprint density at radius 2 is 2.13 bits per heavy atom. The number of pyridine rings is 1. The number of carbonyl (C=O) groups is 1. The molecule has 0 N–H and O–H groups in total. The van der Waals surface area contributed by atoms with Crippen LogP contribution in [-0.4, -0.2) is 56.7 Å². The van der Waals surface area contributed by atoms with Crippen LogP contribution in [0.4, 0.5) is 4.79 Å². The Morgan fingerprint density at radius 3 is 2.77 bits per heavy atom. The van der Waals surface area contributed by atoms with Crippen molar-refractivity contribution in [3.05, 3.63) is 39.4 Å². The van der Waals surface area contributed by atoms with Gasteiger partial charge in [0.1, 0.15) is 5.60 Å². The zero-order valence-electron chi connectivity index (χ0n) is 19.2. The molecule has 8 heteroatoms. The average Bonchev–Trinajstić information content (AvgIpc) is 3.06. The molecule has 7 nitrogen and oxygen atoms in total. The van der Waals surface area contributed by atoms with Crippen LogP contribution in [-0.2, 0) is 11.4 Å². The van der Waals surface area contributed by atoms with Crippen molar-refractivity contribution >= 4 is 17.4 Å². The predicted molar refractivity (Wildman–Crippen MR) is 124 cm³/mol. The van der Waals surface area contributed by atoms with Crippen molar-refractivity contribution in [2.24, 2.45) is 5.92 Å². The Balaban J connectivity index is 1.68. The third-order valence-corrected chi connectivity index (χ3v) is 6.12. The Kier molecular flexibility index (Phi) is 7.54. The summed E-state index contributed by atoms with van der Waals surface area (Å²) < 4.78 is 7.43. The van der Waals surface area contributed by atoms with Gasteiger partial charge in [0.05, 0.1) is 18.1 Å². The summed E-state index contributed by atoms with van der Waals surface area (Å²) in [6.45, 7) is 12.7. The number of rotatable bonds is 6. The number of ether oxygens (including phenoxy) is 1. The van der Waals surface area contributed by atoms with Gasteiger partial charge in [-0.15, -0.1) is 0 Å². The van der Waals surface area contributed by atoms with Crippen LogP contribution in [0.5, 0.6) is 0 Å². The van der Waals surface area contributed by atoms with Crippen LogP contribution in [0.15, 0.2) is 34.6 Å². The van der Waals surface area contributed by atoms with Crippen molar-refractivity contribution < 1.29 is 9.53 Å². The van der Waals surface area contributed by atoms with E-state index in [9.17, 15) is 9.59 Å². The molecule has 3 heterocycles. The van der Waals surface area contributed by atoms with Crippen LogP contribution in [0.2, 0.25) is 0 Å². The summed E-state index contributed by atoms with van der Waals surface area (Å²) in [6, 6.07) is 5.81. The summed E-state index contributed by atoms with van der Waals surface area (Å²) in [4.78, 5) is 33.8. The number of aromatic nitrogens is 2. The number of hydrogen-bond donors (Lipinski definition) is 0. The molecule has 0 aromatic carbocycles. The maximum absolute atomic E-state index is 12.7. The Morgan fingerprint density at radius 1 is 1.35 bits per heavy atom.